The Morgan fingerprint density at radius 3 is 1.50 bits per heavy atom. The minimum atomic E-state index is -5.95. The zero-order chi connectivity index (χ0) is 9.28. The van der Waals surface area contributed by atoms with Crippen LogP contribution in [0.4, 0.5) is 22.0 Å². The van der Waals surface area contributed by atoms with Gasteiger partial charge < -0.3 is 16.1 Å². The summed E-state index contributed by atoms with van der Waals surface area (Å²) >= 11 is 0. The molecule has 0 aliphatic carbocycles. The Kier molecular flexibility index (Phi) is 5.43. The number of alkyl halides is 5. The minimum absolute atomic E-state index is 0. The van der Waals surface area contributed by atoms with Crippen LogP contribution in [0.2, 0.25) is 0 Å². The summed E-state index contributed by atoms with van der Waals surface area (Å²) in [5.41, 5.74) is 0. The average Bonchev–Trinajstić information content (AvgIpc) is 1.56. The molecule has 12 heavy (non-hydrogen) atoms. The van der Waals surface area contributed by atoms with Crippen molar-refractivity contribution in [1.29, 1.82) is 0 Å². The molecule has 0 radical (unpaired) electrons. The molecule has 68 valence electrons. The maximum atomic E-state index is 11.5. The van der Waals surface area contributed by atoms with Gasteiger partial charge in [-0.05, 0) is 0 Å². The fraction of sp³-hybridized carbons (Fsp3) is 1.00. The molecule has 0 bridgehead atoms. The Hall–Kier alpha value is 0.192. The van der Waals surface area contributed by atoms with Crippen molar-refractivity contribution < 1.29 is 56.9 Å². The summed E-state index contributed by atoms with van der Waals surface area (Å²) in [6.45, 7) is 0. The van der Waals surface area contributed by atoms with Gasteiger partial charge in [-0.25, -0.2) is 0 Å². The van der Waals surface area contributed by atoms with E-state index in [0.29, 0.717) is 0 Å². The third kappa shape index (κ3) is 4.28. The zero-order valence-corrected chi connectivity index (χ0v) is 5.77. The van der Waals surface area contributed by atoms with Crippen molar-refractivity contribution in [3.8, 4) is 0 Å². The molecule has 0 amide bonds. The van der Waals surface area contributed by atoms with Crippen molar-refractivity contribution in [2.75, 3.05) is 0 Å². The van der Waals surface area contributed by atoms with Gasteiger partial charge in [0.25, 0.3) is 0 Å². The maximum absolute atomic E-state index is 11.5. The number of hydrogen-bond acceptors (Lipinski definition) is 3. The molecule has 0 spiro atoms. The number of hydrogen-bond donors (Lipinski definition) is 2. The van der Waals surface area contributed by atoms with Crippen LogP contribution in [0.5, 0.6) is 0 Å². The molecule has 0 aromatic heterocycles. The molecule has 0 aromatic rings. The predicted octanol–water partition coefficient (Wildman–Crippen LogP) is -2.76. The van der Waals surface area contributed by atoms with E-state index in [1.807, 2.05) is 0 Å². The van der Waals surface area contributed by atoms with Gasteiger partial charge in [0.2, 0.25) is 0 Å². The molecule has 0 aliphatic heterocycles. The van der Waals surface area contributed by atoms with Crippen LogP contribution in [-0.4, -0.2) is 29.7 Å². The third-order valence-electron chi connectivity index (χ3n) is 0.583. The van der Waals surface area contributed by atoms with Crippen molar-refractivity contribution in [3.05, 3.63) is 0 Å². The van der Waals surface area contributed by atoms with E-state index in [1.54, 1.807) is 0 Å². The minimum Gasteiger partial charge on any atom is -1.00 e. The smallest absolute Gasteiger partial charge is 1.00 e. The second-order valence-electron chi connectivity index (χ2n) is 1.46. The Morgan fingerprint density at radius 2 is 1.42 bits per heavy atom. The molecule has 2 N–H and O–H groups in total. The summed E-state index contributed by atoms with van der Waals surface area (Å²) in [4.78, 5) is 0. The summed E-state index contributed by atoms with van der Waals surface area (Å²) in [5, 5.41) is 15.2. The molecule has 0 rings (SSSR count). The third-order valence-corrected chi connectivity index (χ3v) is 0.583. The molecule has 0 atom stereocenters. The van der Waals surface area contributed by atoms with Crippen LogP contribution in [0.15, 0.2) is 0 Å². The molecular weight excluding hydrogens is 185 g/mol. The van der Waals surface area contributed by atoms with Crippen molar-refractivity contribution in [1.82, 2.24) is 0 Å². The standard InChI is InChI=1S/C2H2BF5O3.Li.H/c4-1(5,6)2(7,8)11-3(9)10;;/h9-10H;;/q;+1;-1. The van der Waals surface area contributed by atoms with Crippen LogP contribution < -0.4 is 18.9 Å². The van der Waals surface area contributed by atoms with E-state index in [1.165, 1.54) is 0 Å². The molecular formula is C2H3BF5LiO3. The normalized spacial score (nSPS) is 12.2. The monoisotopic (exact) mass is 188 g/mol. The molecule has 0 aromatic carbocycles. The predicted molar refractivity (Wildman–Crippen MR) is 23.4 cm³/mol. The van der Waals surface area contributed by atoms with Crippen LogP contribution >= 0.6 is 0 Å². The number of rotatable bonds is 2. The molecule has 10 heteroatoms. The summed E-state index contributed by atoms with van der Waals surface area (Å²) in [6, 6.07) is 0. The molecule has 0 heterocycles. The molecule has 0 saturated heterocycles. The van der Waals surface area contributed by atoms with Crippen LogP contribution in [0.3, 0.4) is 0 Å². The SMILES string of the molecule is OB(O)OC(F)(F)C(F)(F)F.[H-].[Li+]. The van der Waals surface area contributed by atoms with Gasteiger partial charge in [0.1, 0.15) is 0 Å². The van der Waals surface area contributed by atoms with Crippen LogP contribution in [-0.2, 0) is 4.65 Å². The first-order chi connectivity index (χ1) is 4.67. The Labute approximate surface area is 77.3 Å². The van der Waals surface area contributed by atoms with Crippen LogP contribution in [0, 0.1) is 0 Å². The second kappa shape index (κ2) is 4.43. The van der Waals surface area contributed by atoms with Crippen molar-refractivity contribution >= 4 is 7.32 Å². The van der Waals surface area contributed by atoms with Gasteiger partial charge in [0.15, 0.2) is 0 Å². The molecule has 3 nitrogen and oxygen atoms in total. The largest absolute Gasteiger partial charge is 1.00 e. The van der Waals surface area contributed by atoms with Crippen molar-refractivity contribution in [2.45, 2.75) is 12.3 Å². The van der Waals surface area contributed by atoms with E-state index in [0.717, 1.165) is 0 Å². The van der Waals surface area contributed by atoms with Gasteiger partial charge in [0, 0.05) is 0 Å². The van der Waals surface area contributed by atoms with Gasteiger partial charge in [-0.15, -0.1) is 0 Å². The van der Waals surface area contributed by atoms with Gasteiger partial charge in [-0.2, -0.15) is 22.0 Å². The van der Waals surface area contributed by atoms with E-state index in [-0.39, 0.29) is 20.3 Å². The first kappa shape index (κ1) is 14.7. The maximum Gasteiger partial charge on any atom is 1.00 e. The first-order valence-corrected chi connectivity index (χ1v) is 2.15. The summed E-state index contributed by atoms with van der Waals surface area (Å²) in [7, 11) is -3.16. The quantitative estimate of drug-likeness (QED) is 0.364. The van der Waals surface area contributed by atoms with Crippen molar-refractivity contribution in [3.63, 3.8) is 0 Å². The van der Waals surface area contributed by atoms with E-state index >= 15 is 0 Å². The molecule has 0 aliphatic rings. The fourth-order valence-electron chi connectivity index (χ4n) is 0.199. The topological polar surface area (TPSA) is 49.7 Å². The fourth-order valence-corrected chi connectivity index (χ4v) is 0.199. The van der Waals surface area contributed by atoms with Crippen LogP contribution in [0.1, 0.15) is 1.43 Å². The van der Waals surface area contributed by atoms with E-state index < -0.39 is 19.6 Å². The van der Waals surface area contributed by atoms with Gasteiger partial charge in [0.05, 0.1) is 0 Å². The van der Waals surface area contributed by atoms with Crippen LogP contribution in [0.25, 0.3) is 0 Å². The molecule has 0 fully saturated rings. The first-order valence-electron chi connectivity index (χ1n) is 2.15. The van der Waals surface area contributed by atoms with E-state index in [4.69, 9.17) is 10.0 Å². The Morgan fingerprint density at radius 1 is 1.08 bits per heavy atom. The Balaban J connectivity index is -0.000000500. The summed E-state index contributed by atoms with van der Waals surface area (Å²) in [5.74, 6) is 0. The zero-order valence-electron chi connectivity index (χ0n) is 6.77. The molecule has 0 saturated carbocycles. The van der Waals surface area contributed by atoms with Crippen molar-refractivity contribution in [2.24, 2.45) is 0 Å². The number of halogens is 5. The van der Waals surface area contributed by atoms with E-state index in [9.17, 15) is 22.0 Å². The summed E-state index contributed by atoms with van der Waals surface area (Å²) in [6.07, 6.45) is -11.5. The van der Waals surface area contributed by atoms with Gasteiger partial charge in [-0.1, -0.05) is 0 Å². The van der Waals surface area contributed by atoms with Gasteiger partial charge >= 0.3 is 38.5 Å². The molecule has 0 unspecified atom stereocenters. The Bertz CT molecular complexity index is 142. The van der Waals surface area contributed by atoms with Gasteiger partial charge in [-0.3, -0.25) is 0 Å². The second-order valence-corrected chi connectivity index (χ2v) is 1.46. The van der Waals surface area contributed by atoms with E-state index in [2.05, 4.69) is 4.65 Å². The average molecular weight is 188 g/mol. The summed E-state index contributed by atoms with van der Waals surface area (Å²) < 4.78 is 58.8.